The van der Waals surface area contributed by atoms with Gasteiger partial charge in [0.25, 0.3) is 5.91 Å². The lowest BCUT2D eigenvalue weighted by atomic mass is 9.95. The Hall–Kier alpha value is -2.37. The van der Waals surface area contributed by atoms with Gasteiger partial charge in [0.2, 0.25) is 0 Å². The molecule has 1 heterocycles. The fraction of sp³-hybridized carbons (Fsp3) is 0.158. The summed E-state index contributed by atoms with van der Waals surface area (Å²) in [5.74, 6) is -0.195. The van der Waals surface area contributed by atoms with Gasteiger partial charge in [-0.2, -0.15) is 0 Å². The third kappa shape index (κ3) is 3.67. The van der Waals surface area contributed by atoms with E-state index in [0.717, 1.165) is 16.8 Å². The molecule has 0 radical (unpaired) electrons. The molecule has 0 saturated carbocycles. The zero-order valence-corrected chi connectivity index (χ0v) is 15.5. The van der Waals surface area contributed by atoms with Gasteiger partial charge in [-0.3, -0.25) is 4.79 Å². The van der Waals surface area contributed by atoms with E-state index >= 15 is 0 Å². The van der Waals surface area contributed by atoms with Gasteiger partial charge >= 0.3 is 0 Å². The highest BCUT2D eigenvalue weighted by atomic mass is 35.5. The number of carbonyl (C=O) groups excluding carboxylic acids is 1. The van der Waals surface area contributed by atoms with Crippen molar-refractivity contribution in [3.05, 3.63) is 76.0 Å². The van der Waals surface area contributed by atoms with E-state index in [2.05, 4.69) is 16.0 Å². The summed E-state index contributed by atoms with van der Waals surface area (Å²) < 4.78 is 0. The van der Waals surface area contributed by atoms with Gasteiger partial charge in [-0.15, -0.1) is 0 Å². The Kier molecular flexibility index (Phi) is 5.06. The summed E-state index contributed by atoms with van der Waals surface area (Å²) in [6.45, 7) is 3.73. The molecular formula is C19H18ClN3OS. The normalized spacial score (nSPS) is 16.9. The van der Waals surface area contributed by atoms with E-state index < -0.39 is 0 Å². The van der Waals surface area contributed by atoms with E-state index in [1.165, 1.54) is 0 Å². The zero-order valence-electron chi connectivity index (χ0n) is 13.9. The molecule has 2 aromatic rings. The van der Waals surface area contributed by atoms with Crippen molar-refractivity contribution in [2.45, 2.75) is 19.9 Å². The Bertz CT molecular complexity index is 864. The van der Waals surface area contributed by atoms with Crippen LogP contribution in [-0.2, 0) is 4.79 Å². The summed E-state index contributed by atoms with van der Waals surface area (Å²) in [5.41, 5.74) is 3.82. The first-order valence-corrected chi connectivity index (χ1v) is 8.65. The molecule has 128 valence electrons. The summed E-state index contributed by atoms with van der Waals surface area (Å²) >= 11 is 11.4. The van der Waals surface area contributed by atoms with Crippen LogP contribution < -0.4 is 16.0 Å². The van der Waals surface area contributed by atoms with Gasteiger partial charge in [0.1, 0.15) is 0 Å². The molecule has 3 rings (SSSR count). The van der Waals surface area contributed by atoms with Gasteiger partial charge in [0.05, 0.1) is 11.6 Å². The predicted molar refractivity (Wildman–Crippen MR) is 106 cm³/mol. The molecular weight excluding hydrogens is 354 g/mol. The van der Waals surface area contributed by atoms with Crippen LogP contribution in [0.25, 0.3) is 0 Å². The molecule has 0 unspecified atom stereocenters. The lowest BCUT2D eigenvalue weighted by Gasteiger charge is -2.30. The standard InChI is InChI=1S/C19H18ClN3OS/c1-11-14(20)9-6-10-15(11)22-18(24)16-12(2)21-19(25)23-17(16)13-7-4-3-5-8-13/h3-10,17H,1-2H3,(H,22,24)(H2,21,23,25)/t17-/m1/s1. The third-order valence-corrected chi connectivity index (χ3v) is 4.79. The number of benzene rings is 2. The van der Waals surface area contributed by atoms with E-state index in [-0.39, 0.29) is 11.9 Å². The van der Waals surface area contributed by atoms with Gasteiger partial charge < -0.3 is 16.0 Å². The highest BCUT2D eigenvalue weighted by Gasteiger charge is 2.30. The molecule has 1 aliphatic heterocycles. The largest absolute Gasteiger partial charge is 0.351 e. The summed E-state index contributed by atoms with van der Waals surface area (Å²) in [4.78, 5) is 13.0. The highest BCUT2D eigenvalue weighted by molar-refractivity contribution is 7.80. The second kappa shape index (κ2) is 7.25. The number of hydrogen-bond donors (Lipinski definition) is 3. The van der Waals surface area contributed by atoms with Crippen LogP contribution in [0.2, 0.25) is 5.02 Å². The van der Waals surface area contributed by atoms with Crippen molar-refractivity contribution in [3.63, 3.8) is 0 Å². The second-order valence-electron chi connectivity index (χ2n) is 5.85. The molecule has 0 bridgehead atoms. The van der Waals surface area contributed by atoms with Crippen molar-refractivity contribution >= 4 is 40.5 Å². The molecule has 1 amide bonds. The molecule has 1 atom stereocenters. The molecule has 1 aliphatic rings. The van der Waals surface area contributed by atoms with Crippen LogP contribution in [0, 0.1) is 6.92 Å². The lowest BCUT2D eigenvalue weighted by Crippen LogP contribution is -2.45. The van der Waals surface area contributed by atoms with Crippen LogP contribution >= 0.6 is 23.8 Å². The minimum absolute atomic E-state index is 0.195. The van der Waals surface area contributed by atoms with Gasteiger partial charge in [-0.25, -0.2) is 0 Å². The topological polar surface area (TPSA) is 53.2 Å². The molecule has 4 nitrogen and oxygen atoms in total. The monoisotopic (exact) mass is 371 g/mol. The van der Waals surface area contributed by atoms with Crippen LogP contribution in [0.5, 0.6) is 0 Å². The molecule has 0 saturated heterocycles. The van der Waals surface area contributed by atoms with Crippen molar-refractivity contribution in [1.29, 1.82) is 0 Å². The Morgan fingerprint density at radius 3 is 2.56 bits per heavy atom. The minimum atomic E-state index is -0.311. The fourth-order valence-corrected chi connectivity index (χ4v) is 3.27. The van der Waals surface area contributed by atoms with E-state index in [9.17, 15) is 4.79 Å². The van der Waals surface area contributed by atoms with E-state index in [1.54, 1.807) is 6.07 Å². The molecule has 0 aliphatic carbocycles. The van der Waals surface area contributed by atoms with Crippen molar-refractivity contribution in [2.24, 2.45) is 0 Å². The van der Waals surface area contributed by atoms with Crippen LogP contribution in [0.4, 0.5) is 5.69 Å². The fourth-order valence-electron chi connectivity index (χ4n) is 2.82. The van der Waals surface area contributed by atoms with Crippen LogP contribution in [0.1, 0.15) is 24.1 Å². The third-order valence-electron chi connectivity index (χ3n) is 4.16. The number of nitrogens with one attached hydrogen (secondary N) is 3. The number of allylic oxidation sites excluding steroid dienone is 1. The molecule has 2 aromatic carbocycles. The molecule has 3 N–H and O–H groups in total. The predicted octanol–water partition coefficient (Wildman–Crippen LogP) is 4.08. The number of rotatable bonds is 3. The van der Waals surface area contributed by atoms with Gasteiger partial charge in [-0.05, 0) is 49.3 Å². The second-order valence-corrected chi connectivity index (χ2v) is 6.66. The van der Waals surface area contributed by atoms with Crippen LogP contribution in [-0.4, -0.2) is 11.0 Å². The number of hydrogen-bond acceptors (Lipinski definition) is 2. The first-order valence-electron chi connectivity index (χ1n) is 7.87. The summed E-state index contributed by atoms with van der Waals surface area (Å²) in [6, 6.07) is 14.9. The summed E-state index contributed by atoms with van der Waals surface area (Å²) in [7, 11) is 0. The number of carbonyl (C=O) groups is 1. The quantitative estimate of drug-likeness (QED) is 0.711. The number of halogens is 1. The van der Waals surface area contributed by atoms with Crippen molar-refractivity contribution in [1.82, 2.24) is 10.6 Å². The first-order chi connectivity index (χ1) is 12.0. The lowest BCUT2D eigenvalue weighted by molar-refractivity contribution is -0.113. The Labute approximate surface area is 157 Å². The Morgan fingerprint density at radius 2 is 1.84 bits per heavy atom. The van der Waals surface area contributed by atoms with Crippen molar-refractivity contribution in [2.75, 3.05) is 5.32 Å². The maximum Gasteiger partial charge on any atom is 0.255 e. The van der Waals surface area contributed by atoms with Crippen molar-refractivity contribution in [3.8, 4) is 0 Å². The zero-order chi connectivity index (χ0) is 18.0. The van der Waals surface area contributed by atoms with Gasteiger partial charge in [0, 0.05) is 16.4 Å². The van der Waals surface area contributed by atoms with Crippen molar-refractivity contribution < 1.29 is 4.79 Å². The summed E-state index contributed by atoms with van der Waals surface area (Å²) in [6.07, 6.45) is 0. The van der Waals surface area contributed by atoms with Crippen LogP contribution in [0.3, 0.4) is 0 Å². The minimum Gasteiger partial charge on any atom is -0.351 e. The number of thiocarbonyl (C=S) groups is 1. The first kappa shape index (κ1) is 17.5. The van der Waals surface area contributed by atoms with Gasteiger partial charge in [-0.1, -0.05) is 48.0 Å². The average Bonchev–Trinajstić information content (AvgIpc) is 2.59. The molecule has 0 spiro atoms. The number of amides is 1. The maximum atomic E-state index is 13.0. The smallest absolute Gasteiger partial charge is 0.255 e. The molecule has 0 aromatic heterocycles. The summed E-state index contributed by atoms with van der Waals surface area (Å²) in [5, 5.41) is 10.3. The Morgan fingerprint density at radius 1 is 1.12 bits per heavy atom. The van der Waals surface area contributed by atoms with Gasteiger partial charge in [0.15, 0.2) is 5.11 Å². The highest BCUT2D eigenvalue weighted by Crippen LogP contribution is 2.29. The molecule has 6 heteroatoms. The van der Waals surface area contributed by atoms with E-state index in [0.29, 0.717) is 21.4 Å². The van der Waals surface area contributed by atoms with E-state index in [1.807, 2.05) is 56.3 Å². The van der Waals surface area contributed by atoms with Crippen LogP contribution in [0.15, 0.2) is 59.8 Å². The average molecular weight is 372 g/mol. The van der Waals surface area contributed by atoms with E-state index in [4.69, 9.17) is 23.8 Å². The Balaban J connectivity index is 1.96. The molecule has 25 heavy (non-hydrogen) atoms. The maximum absolute atomic E-state index is 13.0. The SMILES string of the molecule is CC1=C(C(=O)Nc2cccc(Cl)c2C)[C@@H](c2ccccc2)NC(=S)N1. The molecule has 0 fully saturated rings. The number of anilines is 1.